The molecule has 0 bridgehead atoms. The van der Waals surface area contributed by atoms with Crippen LogP contribution in [-0.2, 0) is 27.5 Å². The van der Waals surface area contributed by atoms with Gasteiger partial charge in [-0.25, -0.2) is 8.42 Å². The van der Waals surface area contributed by atoms with Crippen molar-refractivity contribution in [1.82, 2.24) is 0 Å². The Balaban J connectivity index is 1.85. The lowest BCUT2D eigenvalue weighted by Gasteiger charge is -2.11. The molecule has 0 aromatic heterocycles. The Kier molecular flexibility index (Phi) is 4.06. The van der Waals surface area contributed by atoms with E-state index >= 15 is 0 Å². The second-order valence-corrected chi connectivity index (χ2v) is 6.89. The molecule has 2 aromatic rings. The summed E-state index contributed by atoms with van der Waals surface area (Å²) in [6.45, 7) is 0.225. The zero-order chi connectivity index (χ0) is 17.5. The number of fused-ring (bicyclic) bond motifs is 1. The van der Waals surface area contributed by atoms with Gasteiger partial charge in [0.15, 0.2) is 0 Å². The third kappa shape index (κ3) is 3.26. The fourth-order valence-corrected chi connectivity index (χ4v) is 3.36. The van der Waals surface area contributed by atoms with Crippen LogP contribution in [0.4, 0.5) is 18.9 Å². The first-order valence-electron chi connectivity index (χ1n) is 6.79. The summed E-state index contributed by atoms with van der Waals surface area (Å²) in [5.41, 5.74) is 0.431. The Hall–Kier alpha value is -2.04. The molecule has 0 unspecified atom stereocenters. The fraction of sp³-hybridized carbons (Fsp3) is 0.143. The van der Waals surface area contributed by atoms with Crippen molar-refractivity contribution in [1.29, 1.82) is 0 Å². The van der Waals surface area contributed by atoms with E-state index in [4.69, 9.17) is 4.65 Å². The van der Waals surface area contributed by atoms with Crippen molar-refractivity contribution in [2.24, 2.45) is 0 Å². The Morgan fingerprint density at radius 1 is 1.12 bits per heavy atom. The van der Waals surface area contributed by atoms with Crippen LogP contribution in [0.2, 0.25) is 0 Å². The van der Waals surface area contributed by atoms with E-state index in [0.29, 0.717) is 17.6 Å². The molecule has 0 saturated carbocycles. The maximum absolute atomic E-state index is 12.5. The monoisotopic (exact) mass is 357 g/mol. The zero-order valence-corrected chi connectivity index (χ0v) is 12.9. The maximum Gasteiger partial charge on any atom is 0.491 e. The van der Waals surface area contributed by atoms with Crippen molar-refractivity contribution < 1.29 is 31.3 Å². The Labute approximate surface area is 136 Å². The normalized spacial score (nSPS) is 14.6. The minimum atomic E-state index is -4.54. The third-order valence-electron chi connectivity index (χ3n) is 3.55. The molecule has 24 heavy (non-hydrogen) atoms. The van der Waals surface area contributed by atoms with E-state index in [-0.39, 0.29) is 17.2 Å². The molecule has 3 rings (SSSR count). The summed E-state index contributed by atoms with van der Waals surface area (Å²) in [7, 11) is -5.18. The first kappa shape index (κ1) is 16.8. The van der Waals surface area contributed by atoms with E-state index in [1.54, 1.807) is 6.07 Å². The predicted octanol–water partition coefficient (Wildman–Crippen LogP) is 1.72. The lowest BCUT2D eigenvalue weighted by atomic mass is 9.79. The smallest absolute Gasteiger partial charge is 0.423 e. The van der Waals surface area contributed by atoms with Crippen LogP contribution in [0.5, 0.6) is 0 Å². The van der Waals surface area contributed by atoms with Crippen molar-refractivity contribution in [2.45, 2.75) is 17.7 Å². The summed E-state index contributed by atoms with van der Waals surface area (Å²) in [5.74, 6) is 0. The highest BCUT2D eigenvalue weighted by molar-refractivity contribution is 7.92. The van der Waals surface area contributed by atoms with E-state index < -0.39 is 28.9 Å². The Morgan fingerprint density at radius 2 is 1.79 bits per heavy atom. The summed E-state index contributed by atoms with van der Waals surface area (Å²) in [4.78, 5) is -0.298. The number of halogens is 3. The van der Waals surface area contributed by atoms with Gasteiger partial charge in [0.1, 0.15) is 0 Å². The molecule has 0 fully saturated rings. The molecule has 0 amide bonds. The van der Waals surface area contributed by atoms with E-state index in [0.717, 1.165) is 17.7 Å². The van der Waals surface area contributed by atoms with Crippen LogP contribution in [0.15, 0.2) is 47.4 Å². The molecule has 1 aliphatic heterocycles. The molecule has 2 N–H and O–H groups in total. The second kappa shape index (κ2) is 5.80. The average Bonchev–Trinajstić information content (AvgIpc) is 2.87. The minimum absolute atomic E-state index is 0.179. The van der Waals surface area contributed by atoms with Gasteiger partial charge in [0.25, 0.3) is 10.0 Å². The van der Waals surface area contributed by atoms with Gasteiger partial charge in [-0.1, -0.05) is 6.07 Å². The van der Waals surface area contributed by atoms with Crippen molar-refractivity contribution in [2.75, 3.05) is 4.72 Å². The third-order valence-corrected chi connectivity index (χ3v) is 4.95. The topological polar surface area (TPSA) is 75.6 Å². The first-order chi connectivity index (χ1) is 11.2. The fourth-order valence-electron chi connectivity index (χ4n) is 2.32. The molecule has 0 atom stereocenters. The van der Waals surface area contributed by atoms with Crippen LogP contribution in [0.3, 0.4) is 0 Å². The molecule has 1 aliphatic rings. The molecule has 0 aliphatic carbocycles. The van der Waals surface area contributed by atoms with Gasteiger partial charge in [0.05, 0.1) is 17.1 Å². The van der Waals surface area contributed by atoms with Crippen LogP contribution in [0.1, 0.15) is 11.1 Å². The number of hydrogen-bond acceptors (Lipinski definition) is 4. The number of anilines is 1. The van der Waals surface area contributed by atoms with Gasteiger partial charge in [-0.2, -0.15) is 13.2 Å². The van der Waals surface area contributed by atoms with Crippen molar-refractivity contribution in [3.63, 3.8) is 0 Å². The highest BCUT2D eigenvalue weighted by atomic mass is 32.2. The molecule has 0 saturated heterocycles. The van der Waals surface area contributed by atoms with E-state index in [2.05, 4.69) is 4.72 Å². The minimum Gasteiger partial charge on any atom is -0.423 e. The van der Waals surface area contributed by atoms with Gasteiger partial charge >= 0.3 is 13.3 Å². The van der Waals surface area contributed by atoms with Crippen LogP contribution < -0.4 is 10.2 Å². The van der Waals surface area contributed by atoms with Crippen molar-refractivity contribution in [3.8, 4) is 0 Å². The van der Waals surface area contributed by atoms with Crippen LogP contribution in [0, 0.1) is 0 Å². The Morgan fingerprint density at radius 3 is 2.42 bits per heavy atom. The SMILES string of the molecule is O=S(=O)(Nc1ccc2c(c1)B(O)OC2)c1ccc(C(F)(F)F)cc1. The average molecular weight is 357 g/mol. The summed E-state index contributed by atoms with van der Waals surface area (Å²) < 4.78 is 69.4. The standard InChI is InChI=1S/C14H11BF3NO4S/c16-14(17,18)10-2-5-12(6-3-10)24(21,22)19-11-4-1-9-8-23-15(20)13(9)7-11/h1-7,19-20H,8H2. The molecule has 1 heterocycles. The molecule has 0 spiro atoms. The van der Waals surface area contributed by atoms with E-state index in [1.165, 1.54) is 12.1 Å². The number of alkyl halides is 3. The number of hydrogen-bond donors (Lipinski definition) is 2. The largest absolute Gasteiger partial charge is 0.491 e. The van der Waals surface area contributed by atoms with E-state index in [1.807, 2.05) is 0 Å². The van der Waals surface area contributed by atoms with Gasteiger partial charge in [0.2, 0.25) is 0 Å². The number of rotatable bonds is 3. The predicted molar refractivity (Wildman–Crippen MR) is 81.1 cm³/mol. The summed E-state index contributed by atoms with van der Waals surface area (Å²) in [5, 5.41) is 9.62. The van der Waals surface area contributed by atoms with Crippen molar-refractivity contribution >= 4 is 28.3 Å². The van der Waals surface area contributed by atoms with Crippen LogP contribution in [-0.4, -0.2) is 20.6 Å². The lowest BCUT2D eigenvalue weighted by Crippen LogP contribution is -2.28. The van der Waals surface area contributed by atoms with Crippen LogP contribution in [0.25, 0.3) is 0 Å². The van der Waals surface area contributed by atoms with Gasteiger partial charge in [-0.3, -0.25) is 4.72 Å². The number of sulfonamides is 1. The van der Waals surface area contributed by atoms with Gasteiger partial charge in [-0.05, 0) is 47.4 Å². The first-order valence-corrected chi connectivity index (χ1v) is 8.28. The molecule has 2 aromatic carbocycles. The second-order valence-electron chi connectivity index (χ2n) is 5.20. The molecule has 126 valence electrons. The number of nitrogens with one attached hydrogen (secondary N) is 1. The quantitative estimate of drug-likeness (QED) is 0.821. The molecule has 0 radical (unpaired) electrons. The molecule has 10 heteroatoms. The van der Waals surface area contributed by atoms with Crippen LogP contribution >= 0.6 is 0 Å². The zero-order valence-electron chi connectivity index (χ0n) is 12.0. The summed E-state index contributed by atoms with van der Waals surface area (Å²) in [6, 6.07) is 7.70. The molecule has 5 nitrogen and oxygen atoms in total. The highest BCUT2D eigenvalue weighted by Crippen LogP contribution is 2.30. The van der Waals surface area contributed by atoms with Crippen molar-refractivity contribution in [3.05, 3.63) is 53.6 Å². The van der Waals surface area contributed by atoms with Gasteiger partial charge in [-0.15, -0.1) is 0 Å². The van der Waals surface area contributed by atoms with Gasteiger partial charge < -0.3 is 9.68 Å². The molecular formula is C14H11BF3NO4S. The lowest BCUT2D eigenvalue weighted by molar-refractivity contribution is -0.137. The maximum atomic E-state index is 12.5. The number of benzene rings is 2. The molecular weight excluding hydrogens is 346 g/mol. The summed E-state index contributed by atoms with van der Waals surface area (Å²) in [6.07, 6.45) is -4.54. The summed E-state index contributed by atoms with van der Waals surface area (Å²) >= 11 is 0. The van der Waals surface area contributed by atoms with Gasteiger partial charge in [0, 0.05) is 5.69 Å². The van der Waals surface area contributed by atoms with E-state index in [9.17, 15) is 26.6 Å². The Bertz CT molecular complexity index is 869. The highest BCUT2D eigenvalue weighted by Gasteiger charge is 2.31.